The molecular weight excluding hydrogens is 564 g/mol. The van der Waals surface area contributed by atoms with E-state index in [1.54, 1.807) is 11.8 Å². The number of rotatable bonds is 18. The highest BCUT2D eigenvalue weighted by Crippen LogP contribution is 2.44. The second-order valence-corrected chi connectivity index (χ2v) is 12.6. The second-order valence-electron chi connectivity index (χ2n) is 11.2. The first-order chi connectivity index (χ1) is 21.1. The molecule has 0 amide bonds. The molecule has 0 bridgehead atoms. The summed E-state index contributed by atoms with van der Waals surface area (Å²) in [6, 6.07) is 16.6. The van der Waals surface area contributed by atoms with E-state index in [1.807, 2.05) is 24.3 Å². The molecule has 43 heavy (non-hydrogen) atoms. The van der Waals surface area contributed by atoms with Crippen molar-refractivity contribution in [3.63, 3.8) is 0 Å². The van der Waals surface area contributed by atoms with Crippen LogP contribution in [0, 0.1) is 0 Å². The third-order valence-electron chi connectivity index (χ3n) is 8.03. The lowest BCUT2D eigenvalue weighted by Gasteiger charge is -2.45. The molecule has 1 heterocycles. The van der Waals surface area contributed by atoms with Crippen molar-refractivity contribution in [2.45, 2.75) is 102 Å². The fourth-order valence-corrected chi connectivity index (χ4v) is 6.70. The number of carbonyl (C=O) groups excluding carboxylic acids is 1. The van der Waals surface area contributed by atoms with Gasteiger partial charge in [0.05, 0.1) is 6.61 Å². The molecule has 3 unspecified atom stereocenters. The zero-order chi connectivity index (χ0) is 30.4. The van der Waals surface area contributed by atoms with E-state index in [0.29, 0.717) is 26.4 Å². The van der Waals surface area contributed by atoms with Crippen LogP contribution in [0.1, 0.15) is 83.3 Å². The van der Waals surface area contributed by atoms with E-state index < -0.39 is 24.5 Å². The topological polar surface area (TPSA) is 72.5 Å². The zero-order valence-corrected chi connectivity index (χ0v) is 27.2. The number of hydrogen-bond donors (Lipinski definition) is 0. The molecule has 2 aliphatic rings. The van der Waals surface area contributed by atoms with Gasteiger partial charge in [-0.15, -0.1) is 11.8 Å². The van der Waals surface area contributed by atoms with Crippen molar-refractivity contribution < 1.29 is 33.2 Å². The summed E-state index contributed by atoms with van der Waals surface area (Å²) in [6.07, 6.45) is 3.01. The third-order valence-corrected chi connectivity index (χ3v) is 9.07. The molecule has 0 aromatic heterocycles. The van der Waals surface area contributed by atoms with Gasteiger partial charge >= 0.3 is 6.16 Å². The van der Waals surface area contributed by atoms with Gasteiger partial charge in [0.2, 0.25) is 0 Å². The standard InChI is InChI=1S/C35H50O7S/c1-5-9-20-37-24-30-31(32(38-21-10-6-2)33(39-22-11-7-3)34(41-30)43-8-4)42-35(36)40-23-29-27-18-14-12-16-25(27)26-17-13-15-19-28(26)29/h12-19,29-34H,5-11,20-24H2,1-4H3/t30?,31-,32?,33?,34+/m1/s1. The Bertz CT molecular complexity index is 1070. The van der Waals surface area contributed by atoms with E-state index in [9.17, 15) is 4.79 Å². The highest BCUT2D eigenvalue weighted by atomic mass is 32.2. The minimum absolute atomic E-state index is 0.0530. The van der Waals surface area contributed by atoms with Gasteiger partial charge in [0.25, 0.3) is 0 Å². The first kappa shape index (κ1) is 33.8. The maximum absolute atomic E-state index is 13.4. The van der Waals surface area contributed by atoms with Crippen LogP contribution in [0.2, 0.25) is 0 Å². The molecule has 1 fully saturated rings. The molecule has 0 spiro atoms. The highest BCUT2D eigenvalue weighted by Gasteiger charge is 2.50. The van der Waals surface area contributed by atoms with Crippen LogP contribution in [0.15, 0.2) is 48.5 Å². The Morgan fingerprint density at radius 2 is 1.33 bits per heavy atom. The van der Waals surface area contributed by atoms with Crippen molar-refractivity contribution >= 4 is 17.9 Å². The van der Waals surface area contributed by atoms with Gasteiger partial charge in [0, 0.05) is 25.7 Å². The van der Waals surface area contributed by atoms with E-state index in [1.165, 1.54) is 11.1 Å². The van der Waals surface area contributed by atoms with Crippen LogP contribution in [-0.2, 0) is 28.4 Å². The first-order valence-corrected chi connectivity index (χ1v) is 17.3. The number of thioether (sulfide) groups is 1. The van der Waals surface area contributed by atoms with Crippen LogP contribution in [-0.4, -0.2) is 74.8 Å². The molecule has 1 aliphatic heterocycles. The van der Waals surface area contributed by atoms with E-state index in [4.69, 9.17) is 28.4 Å². The number of ether oxygens (including phenoxy) is 6. The van der Waals surface area contributed by atoms with Crippen LogP contribution in [0.4, 0.5) is 4.79 Å². The summed E-state index contributed by atoms with van der Waals surface area (Å²) in [7, 11) is 0. The average Bonchev–Trinajstić information content (AvgIpc) is 3.34. The van der Waals surface area contributed by atoms with Gasteiger partial charge in [0.1, 0.15) is 30.4 Å². The molecule has 238 valence electrons. The number of carbonyl (C=O) groups is 1. The SMILES string of the molecule is CCCCOCC1O[C@@H](SCC)C(OCCCC)C(OCCCC)[C@@H]1OC(=O)OCC1c2ccccc2-c2ccccc21. The molecule has 5 atom stereocenters. The molecule has 2 aromatic carbocycles. The molecular formula is C35H50O7S. The van der Waals surface area contributed by atoms with Gasteiger partial charge in [-0.2, -0.15) is 0 Å². The Labute approximate surface area is 262 Å². The highest BCUT2D eigenvalue weighted by molar-refractivity contribution is 7.99. The number of hydrogen-bond acceptors (Lipinski definition) is 8. The molecule has 8 heteroatoms. The Hall–Kier alpha value is -2.10. The summed E-state index contributed by atoms with van der Waals surface area (Å²) >= 11 is 1.69. The van der Waals surface area contributed by atoms with Gasteiger partial charge in [-0.25, -0.2) is 4.79 Å². The van der Waals surface area contributed by atoms with Crippen molar-refractivity contribution in [2.24, 2.45) is 0 Å². The van der Waals surface area contributed by atoms with E-state index >= 15 is 0 Å². The lowest BCUT2D eigenvalue weighted by atomic mass is 9.98. The van der Waals surface area contributed by atoms with Crippen molar-refractivity contribution in [3.8, 4) is 11.1 Å². The summed E-state index contributed by atoms with van der Waals surface area (Å²) in [5.41, 5.74) is 4.42. The van der Waals surface area contributed by atoms with Crippen molar-refractivity contribution in [1.29, 1.82) is 0 Å². The summed E-state index contributed by atoms with van der Waals surface area (Å²) < 4.78 is 37.5. The molecule has 0 saturated carbocycles. The van der Waals surface area contributed by atoms with Crippen LogP contribution in [0.5, 0.6) is 0 Å². The van der Waals surface area contributed by atoms with Crippen molar-refractivity contribution in [3.05, 3.63) is 59.7 Å². The number of fused-ring (bicyclic) bond motifs is 3. The Morgan fingerprint density at radius 1 is 0.744 bits per heavy atom. The molecule has 2 aromatic rings. The Morgan fingerprint density at radius 3 is 1.93 bits per heavy atom. The maximum atomic E-state index is 13.4. The smallest absolute Gasteiger partial charge is 0.433 e. The van der Waals surface area contributed by atoms with Gasteiger partial charge < -0.3 is 28.4 Å². The van der Waals surface area contributed by atoms with Gasteiger partial charge in [0.15, 0.2) is 6.10 Å². The lowest BCUT2D eigenvalue weighted by Crippen LogP contribution is -2.61. The zero-order valence-electron chi connectivity index (χ0n) is 26.3. The summed E-state index contributed by atoms with van der Waals surface area (Å²) in [4.78, 5) is 13.4. The maximum Gasteiger partial charge on any atom is 0.508 e. The van der Waals surface area contributed by atoms with E-state index in [0.717, 1.165) is 55.4 Å². The molecule has 0 N–H and O–H groups in total. The summed E-state index contributed by atoms with van der Waals surface area (Å²) in [5, 5.41) is 0. The average molecular weight is 615 g/mol. The Balaban J connectivity index is 1.52. The minimum atomic E-state index is -0.730. The fourth-order valence-electron chi connectivity index (χ4n) is 5.73. The van der Waals surface area contributed by atoms with Gasteiger partial charge in [-0.1, -0.05) is 95.5 Å². The first-order valence-electron chi connectivity index (χ1n) is 16.2. The van der Waals surface area contributed by atoms with Gasteiger partial charge in [-0.3, -0.25) is 0 Å². The third kappa shape index (κ3) is 8.98. The van der Waals surface area contributed by atoms with Crippen LogP contribution in [0.3, 0.4) is 0 Å². The molecule has 7 nitrogen and oxygen atoms in total. The van der Waals surface area contributed by atoms with Crippen molar-refractivity contribution in [1.82, 2.24) is 0 Å². The fraction of sp³-hybridized carbons (Fsp3) is 0.629. The normalized spacial score (nSPS) is 23.1. The van der Waals surface area contributed by atoms with Gasteiger partial charge in [-0.05, 0) is 47.3 Å². The quantitative estimate of drug-likeness (QED) is 0.124. The van der Waals surface area contributed by atoms with Crippen molar-refractivity contribution in [2.75, 3.05) is 38.8 Å². The van der Waals surface area contributed by atoms with E-state index in [2.05, 4.69) is 52.0 Å². The molecule has 0 radical (unpaired) electrons. The summed E-state index contributed by atoms with van der Waals surface area (Å²) in [6.45, 7) is 10.8. The van der Waals surface area contributed by atoms with Crippen LogP contribution in [0.25, 0.3) is 11.1 Å². The molecule has 1 saturated heterocycles. The minimum Gasteiger partial charge on any atom is -0.433 e. The second kappa shape index (κ2) is 18.0. The van der Waals surface area contributed by atoms with E-state index in [-0.39, 0.29) is 24.1 Å². The molecule has 4 rings (SSSR count). The predicted molar refractivity (Wildman–Crippen MR) is 172 cm³/mol. The predicted octanol–water partition coefficient (Wildman–Crippen LogP) is 7.99. The monoisotopic (exact) mass is 614 g/mol. The largest absolute Gasteiger partial charge is 0.508 e. The van der Waals surface area contributed by atoms with Crippen LogP contribution < -0.4 is 0 Å². The number of unbranched alkanes of at least 4 members (excludes halogenated alkanes) is 3. The lowest BCUT2D eigenvalue weighted by molar-refractivity contribution is -0.238. The Kier molecular flexibility index (Phi) is 14.2. The summed E-state index contributed by atoms with van der Waals surface area (Å²) in [5.74, 6) is 0.809. The number of benzene rings is 2. The van der Waals surface area contributed by atoms with Crippen LogP contribution >= 0.6 is 11.8 Å². The molecule has 1 aliphatic carbocycles.